The first-order valence-electron chi connectivity index (χ1n) is 7.61. The molecule has 142 valence electrons. The van der Waals surface area contributed by atoms with E-state index in [-0.39, 0.29) is 10.9 Å². The molecule has 1 aliphatic heterocycles. The summed E-state index contributed by atoms with van der Waals surface area (Å²) in [4.78, 5) is 61.5. The zero-order valence-electron chi connectivity index (χ0n) is 14.4. The van der Waals surface area contributed by atoms with Crippen LogP contribution in [-0.4, -0.2) is 53.7 Å². The Kier molecular flexibility index (Phi) is 6.66. The van der Waals surface area contributed by atoms with E-state index in [1.165, 1.54) is 38.3 Å². The Balaban J connectivity index is 1.88. The highest BCUT2D eigenvalue weighted by atomic mass is 32.2. The maximum absolute atomic E-state index is 12.0. The molecule has 4 amide bonds. The number of anilines is 1. The molecule has 0 bridgehead atoms. The van der Waals surface area contributed by atoms with Crippen molar-refractivity contribution in [2.75, 3.05) is 18.2 Å². The summed E-state index contributed by atoms with van der Waals surface area (Å²) in [7, 11) is 1.27. The van der Waals surface area contributed by atoms with E-state index in [1.807, 2.05) is 0 Å². The number of amidine groups is 1. The second-order valence-electron chi connectivity index (χ2n) is 5.28. The number of amides is 4. The van der Waals surface area contributed by atoms with Crippen molar-refractivity contribution in [3.05, 3.63) is 29.8 Å². The maximum Gasteiger partial charge on any atom is 0.337 e. The van der Waals surface area contributed by atoms with Gasteiger partial charge in [0.2, 0.25) is 11.8 Å². The first-order chi connectivity index (χ1) is 12.8. The molecule has 0 unspecified atom stereocenters. The van der Waals surface area contributed by atoms with Crippen molar-refractivity contribution in [3.8, 4) is 0 Å². The predicted octanol–water partition coefficient (Wildman–Crippen LogP) is -0.338. The highest BCUT2D eigenvalue weighted by Gasteiger charge is 2.32. The van der Waals surface area contributed by atoms with Gasteiger partial charge in [-0.2, -0.15) is 4.99 Å². The molecule has 0 saturated carbocycles. The number of aliphatic imine (C=N–C) groups is 1. The Hall–Kier alpha value is -3.21. The number of hydrogen-bond acceptors (Lipinski definition) is 7. The van der Waals surface area contributed by atoms with Crippen molar-refractivity contribution in [2.45, 2.75) is 13.0 Å². The van der Waals surface area contributed by atoms with E-state index in [0.29, 0.717) is 11.3 Å². The van der Waals surface area contributed by atoms with Gasteiger partial charge in [-0.1, -0.05) is 11.8 Å². The van der Waals surface area contributed by atoms with Crippen molar-refractivity contribution in [1.82, 2.24) is 10.6 Å². The van der Waals surface area contributed by atoms with Crippen LogP contribution in [0.25, 0.3) is 0 Å². The molecule has 1 heterocycles. The number of methoxy groups -OCH3 is 1. The molecule has 0 radical (unpaired) electrons. The third kappa shape index (κ3) is 5.64. The highest BCUT2D eigenvalue weighted by Crippen LogP contribution is 2.12. The van der Waals surface area contributed by atoms with Crippen LogP contribution in [0.5, 0.6) is 0 Å². The molecule has 1 atom stereocenters. The van der Waals surface area contributed by atoms with Gasteiger partial charge in [0.15, 0.2) is 11.2 Å². The molecule has 0 saturated heterocycles. The standard InChI is InChI=1S/C16H16N4O6S/c1-8(21)17-12-13(23)19-16(20-14(12)24)27-7-11(22)18-10-5-3-9(4-6-10)15(25)26-2/h3-6,12H,7H2,1-2H3,(H,17,21)(H,18,22)(H,19,20,23,24). The van der Waals surface area contributed by atoms with Crippen LogP contribution < -0.4 is 16.0 Å². The lowest BCUT2D eigenvalue weighted by molar-refractivity contribution is -0.134. The van der Waals surface area contributed by atoms with Gasteiger partial charge in [0.1, 0.15) is 0 Å². The summed E-state index contributed by atoms with van der Waals surface area (Å²) >= 11 is 0.863. The van der Waals surface area contributed by atoms with Crippen molar-refractivity contribution < 1.29 is 28.7 Å². The summed E-state index contributed by atoms with van der Waals surface area (Å²) in [5.74, 6) is -3.07. The molecule has 10 nitrogen and oxygen atoms in total. The number of hydrogen-bond donors (Lipinski definition) is 3. The van der Waals surface area contributed by atoms with Crippen LogP contribution in [0.2, 0.25) is 0 Å². The SMILES string of the molecule is COC(=O)c1ccc(NC(=O)CSC2=NC(=O)[C@H](NC(C)=O)C(=O)N2)cc1. The van der Waals surface area contributed by atoms with Gasteiger partial charge in [-0.05, 0) is 24.3 Å². The summed E-state index contributed by atoms with van der Waals surface area (Å²) < 4.78 is 4.58. The highest BCUT2D eigenvalue weighted by molar-refractivity contribution is 8.14. The fraction of sp³-hybridized carbons (Fsp3) is 0.250. The molecular weight excluding hydrogens is 376 g/mol. The molecule has 11 heteroatoms. The van der Waals surface area contributed by atoms with Gasteiger partial charge in [-0.15, -0.1) is 0 Å². The first-order valence-corrected chi connectivity index (χ1v) is 8.60. The number of thioether (sulfide) groups is 1. The van der Waals surface area contributed by atoms with E-state index in [0.717, 1.165) is 11.8 Å². The van der Waals surface area contributed by atoms with Crippen LogP contribution >= 0.6 is 11.8 Å². The summed E-state index contributed by atoms with van der Waals surface area (Å²) in [5.41, 5.74) is 0.807. The van der Waals surface area contributed by atoms with E-state index in [9.17, 15) is 24.0 Å². The third-order valence-electron chi connectivity index (χ3n) is 3.23. The van der Waals surface area contributed by atoms with Crippen LogP contribution in [0.15, 0.2) is 29.3 Å². The van der Waals surface area contributed by atoms with E-state index in [1.54, 1.807) is 0 Å². The van der Waals surface area contributed by atoms with E-state index < -0.39 is 35.6 Å². The number of rotatable bonds is 5. The minimum atomic E-state index is -1.37. The van der Waals surface area contributed by atoms with Crippen molar-refractivity contribution >= 4 is 52.2 Å². The normalized spacial score (nSPS) is 16.1. The number of carbonyl (C=O) groups is 5. The van der Waals surface area contributed by atoms with Gasteiger partial charge in [-0.3, -0.25) is 19.2 Å². The van der Waals surface area contributed by atoms with Gasteiger partial charge >= 0.3 is 5.97 Å². The number of esters is 1. The second-order valence-corrected chi connectivity index (χ2v) is 6.25. The molecule has 0 fully saturated rings. The fourth-order valence-electron chi connectivity index (χ4n) is 2.02. The van der Waals surface area contributed by atoms with E-state index in [4.69, 9.17) is 0 Å². The lowest BCUT2D eigenvalue weighted by Crippen LogP contribution is -2.54. The van der Waals surface area contributed by atoms with Crippen molar-refractivity contribution in [1.29, 1.82) is 0 Å². The fourth-order valence-corrected chi connectivity index (χ4v) is 2.69. The molecular formula is C16H16N4O6S. The van der Waals surface area contributed by atoms with Crippen LogP contribution in [0.3, 0.4) is 0 Å². The lowest BCUT2D eigenvalue weighted by atomic mass is 10.2. The zero-order valence-corrected chi connectivity index (χ0v) is 15.2. The van der Waals surface area contributed by atoms with E-state index >= 15 is 0 Å². The molecule has 2 rings (SSSR count). The third-order valence-corrected chi connectivity index (χ3v) is 4.10. The zero-order chi connectivity index (χ0) is 20.0. The second kappa shape index (κ2) is 8.94. The predicted molar refractivity (Wildman–Crippen MR) is 97.1 cm³/mol. The van der Waals surface area contributed by atoms with Crippen molar-refractivity contribution in [2.24, 2.45) is 4.99 Å². The minimum absolute atomic E-state index is 0.0252. The number of ether oxygens (including phenoxy) is 1. The quantitative estimate of drug-likeness (QED) is 0.459. The summed E-state index contributed by atoms with van der Waals surface area (Å²) in [5, 5.41) is 7.12. The Labute approximate surface area is 158 Å². The Bertz CT molecular complexity index is 821. The number of nitrogens with one attached hydrogen (secondary N) is 3. The summed E-state index contributed by atoms with van der Waals surface area (Å²) in [6.07, 6.45) is 0. The molecule has 1 aromatic carbocycles. The minimum Gasteiger partial charge on any atom is -0.465 e. The molecule has 1 aliphatic rings. The largest absolute Gasteiger partial charge is 0.465 e. The monoisotopic (exact) mass is 392 g/mol. The van der Waals surface area contributed by atoms with Gasteiger partial charge in [0, 0.05) is 12.6 Å². The number of nitrogens with zero attached hydrogens (tertiary/aromatic N) is 1. The number of carbonyl (C=O) groups excluding carboxylic acids is 5. The van der Waals surface area contributed by atoms with Gasteiger partial charge in [-0.25, -0.2) is 4.79 Å². The Morgan fingerprint density at radius 3 is 2.44 bits per heavy atom. The number of benzene rings is 1. The first kappa shape index (κ1) is 20.1. The van der Waals surface area contributed by atoms with Gasteiger partial charge in [0.25, 0.3) is 11.8 Å². The average Bonchev–Trinajstić information content (AvgIpc) is 2.63. The molecule has 0 aliphatic carbocycles. The molecule has 3 N–H and O–H groups in total. The smallest absolute Gasteiger partial charge is 0.337 e. The van der Waals surface area contributed by atoms with Gasteiger partial charge in [0.05, 0.1) is 18.4 Å². The van der Waals surface area contributed by atoms with Crippen LogP contribution in [0.1, 0.15) is 17.3 Å². The lowest BCUT2D eigenvalue weighted by Gasteiger charge is -2.19. The van der Waals surface area contributed by atoms with Crippen molar-refractivity contribution in [3.63, 3.8) is 0 Å². The van der Waals surface area contributed by atoms with Gasteiger partial charge < -0.3 is 20.7 Å². The maximum atomic E-state index is 12.0. The molecule has 0 spiro atoms. The van der Waals surface area contributed by atoms with Crippen LogP contribution in [0, 0.1) is 0 Å². The average molecular weight is 392 g/mol. The van der Waals surface area contributed by atoms with Crippen LogP contribution in [-0.2, 0) is 23.9 Å². The van der Waals surface area contributed by atoms with Crippen LogP contribution in [0.4, 0.5) is 5.69 Å². The Morgan fingerprint density at radius 1 is 1.22 bits per heavy atom. The molecule has 27 heavy (non-hydrogen) atoms. The molecule has 1 aromatic rings. The summed E-state index contributed by atoms with van der Waals surface area (Å²) in [6, 6.07) is 4.71. The topological polar surface area (TPSA) is 143 Å². The van der Waals surface area contributed by atoms with E-state index in [2.05, 4.69) is 25.7 Å². The Morgan fingerprint density at radius 2 is 1.89 bits per heavy atom. The summed E-state index contributed by atoms with van der Waals surface area (Å²) in [6.45, 7) is 1.18. The molecule has 0 aromatic heterocycles.